The van der Waals surface area contributed by atoms with Crippen molar-refractivity contribution in [3.63, 3.8) is 0 Å². The van der Waals surface area contributed by atoms with Gasteiger partial charge in [0.1, 0.15) is 5.75 Å². The molecule has 0 aliphatic heterocycles. The van der Waals surface area contributed by atoms with Crippen LogP contribution in [0.3, 0.4) is 0 Å². The Morgan fingerprint density at radius 1 is 1.50 bits per heavy atom. The molecule has 0 saturated carbocycles. The summed E-state index contributed by atoms with van der Waals surface area (Å²) in [6, 6.07) is 5.61. The van der Waals surface area contributed by atoms with Crippen molar-refractivity contribution >= 4 is 11.5 Å². The van der Waals surface area contributed by atoms with Crippen LogP contribution in [0, 0.1) is 6.92 Å². The van der Waals surface area contributed by atoms with Crippen LogP contribution in [-0.4, -0.2) is 30.9 Å². The van der Waals surface area contributed by atoms with Gasteiger partial charge in [0.15, 0.2) is 0 Å². The largest absolute Gasteiger partial charge is 0.478 e. The summed E-state index contributed by atoms with van der Waals surface area (Å²) < 4.78 is 10.3. The number of benzene rings is 1. The molecule has 0 aliphatic carbocycles. The molecule has 0 fully saturated rings. The quantitative estimate of drug-likeness (QED) is 0.842. The molecule has 0 saturated heterocycles. The van der Waals surface area contributed by atoms with Crippen LogP contribution in [0.2, 0.25) is 0 Å². The van der Waals surface area contributed by atoms with Crippen LogP contribution in [0.25, 0.3) is 5.57 Å². The van der Waals surface area contributed by atoms with E-state index in [0.29, 0.717) is 5.75 Å². The molecule has 1 unspecified atom stereocenters. The van der Waals surface area contributed by atoms with E-state index >= 15 is 0 Å². The molecular formula is C14H18O4. The zero-order valence-electron chi connectivity index (χ0n) is 10.9. The van der Waals surface area contributed by atoms with E-state index < -0.39 is 12.1 Å². The second-order valence-electron chi connectivity index (χ2n) is 4.18. The lowest BCUT2D eigenvalue weighted by Gasteiger charge is -2.17. The highest BCUT2D eigenvalue weighted by atomic mass is 16.5. The molecule has 0 aliphatic rings. The number of allylic oxidation sites excluding steroid dienone is 1. The van der Waals surface area contributed by atoms with E-state index in [1.54, 1.807) is 6.07 Å². The third-order valence-corrected chi connectivity index (χ3v) is 2.46. The number of hydrogen-bond acceptors (Lipinski definition) is 3. The van der Waals surface area contributed by atoms with Crippen molar-refractivity contribution in [2.24, 2.45) is 0 Å². The van der Waals surface area contributed by atoms with Crippen molar-refractivity contribution in [1.82, 2.24) is 0 Å². The van der Waals surface area contributed by atoms with Gasteiger partial charge in [-0.1, -0.05) is 18.7 Å². The van der Waals surface area contributed by atoms with Crippen molar-refractivity contribution in [1.29, 1.82) is 0 Å². The van der Waals surface area contributed by atoms with Crippen LogP contribution in [0.15, 0.2) is 24.8 Å². The highest BCUT2D eigenvalue weighted by molar-refractivity contribution is 5.74. The minimum atomic E-state index is -1.05. The fourth-order valence-electron chi connectivity index (χ4n) is 1.54. The summed E-state index contributed by atoms with van der Waals surface area (Å²) in [6.07, 6.45) is -1.02. The monoisotopic (exact) mass is 250 g/mol. The van der Waals surface area contributed by atoms with E-state index in [1.807, 2.05) is 26.0 Å². The average Bonchev–Trinajstić information content (AvgIpc) is 2.28. The molecule has 0 bridgehead atoms. The lowest BCUT2D eigenvalue weighted by molar-refractivity contribution is -0.147. The van der Waals surface area contributed by atoms with Crippen molar-refractivity contribution < 1.29 is 19.4 Å². The summed E-state index contributed by atoms with van der Waals surface area (Å²) in [4.78, 5) is 11.0. The summed E-state index contributed by atoms with van der Waals surface area (Å²) in [5.41, 5.74) is 2.63. The predicted octanol–water partition coefficient (Wildman–Crippen LogP) is 2.51. The van der Waals surface area contributed by atoms with E-state index in [9.17, 15) is 4.79 Å². The molecule has 1 N–H and O–H groups in total. The average molecular weight is 250 g/mol. The third-order valence-electron chi connectivity index (χ3n) is 2.46. The lowest BCUT2D eigenvalue weighted by Crippen LogP contribution is -2.31. The molecule has 4 heteroatoms. The van der Waals surface area contributed by atoms with Gasteiger partial charge in [0, 0.05) is 12.7 Å². The van der Waals surface area contributed by atoms with E-state index in [1.165, 1.54) is 7.11 Å². The predicted molar refractivity (Wildman–Crippen MR) is 69.8 cm³/mol. The molecule has 0 radical (unpaired) electrons. The Morgan fingerprint density at radius 2 is 2.17 bits per heavy atom. The number of ether oxygens (including phenoxy) is 2. The van der Waals surface area contributed by atoms with Gasteiger partial charge >= 0.3 is 5.97 Å². The van der Waals surface area contributed by atoms with E-state index in [-0.39, 0.29) is 6.61 Å². The van der Waals surface area contributed by atoms with Gasteiger partial charge in [-0.2, -0.15) is 0 Å². The van der Waals surface area contributed by atoms with Gasteiger partial charge in [0.2, 0.25) is 6.10 Å². The van der Waals surface area contributed by atoms with Crippen LogP contribution >= 0.6 is 0 Å². The molecule has 1 rings (SSSR count). The van der Waals surface area contributed by atoms with Gasteiger partial charge in [-0.05, 0) is 31.1 Å². The SMILES string of the molecule is C=C(C)c1ccc(C)cc1OC(COC)C(=O)O. The normalized spacial score (nSPS) is 11.9. The molecule has 4 nitrogen and oxygen atoms in total. The van der Waals surface area contributed by atoms with Gasteiger partial charge in [0.05, 0.1) is 6.61 Å². The molecule has 1 aromatic rings. The maximum Gasteiger partial charge on any atom is 0.347 e. The highest BCUT2D eigenvalue weighted by Crippen LogP contribution is 2.27. The van der Waals surface area contributed by atoms with E-state index in [4.69, 9.17) is 14.6 Å². The second-order valence-corrected chi connectivity index (χ2v) is 4.18. The van der Waals surface area contributed by atoms with Gasteiger partial charge in [0.25, 0.3) is 0 Å². The molecule has 18 heavy (non-hydrogen) atoms. The molecule has 0 heterocycles. The first-order valence-corrected chi connectivity index (χ1v) is 5.60. The van der Waals surface area contributed by atoms with Crippen LogP contribution in [0.1, 0.15) is 18.1 Å². The third kappa shape index (κ3) is 3.60. The van der Waals surface area contributed by atoms with Gasteiger partial charge in [-0.25, -0.2) is 4.79 Å². The van der Waals surface area contributed by atoms with Crippen LogP contribution in [-0.2, 0) is 9.53 Å². The Labute approximate surface area is 107 Å². The van der Waals surface area contributed by atoms with Crippen molar-refractivity contribution in [2.75, 3.05) is 13.7 Å². The smallest absolute Gasteiger partial charge is 0.347 e. The van der Waals surface area contributed by atoms with Crippen molar-refractivity contribution in [2.45, 2.75) is 20.0 Å². The van der Waals surface area contributed by atoms with Crippen LogP contribution in [0.5, 0.6) is 5.75 Å². The van der Waals surface area contributed by atoms with Crippen molar-refractivity contribution in [3.8, 4) is 5.75 Å². The first-order chi connectivity index (χ1) is 8.45. The summed E-state index contributed by atoms with van der Waals surface area (Å²) in [6.45, 7) is 7.62. The number of hydrogen-bond donors (Lipinski definition) is 1. The molecule has 98 valence electrons. The molecule has 1 aromatic carbocycles. The second kappa shape index (κ2) is 6.21. The fraction of sp³-hybridized carbons (Fsp3) is 0.357. The molecule has 1 atom stereocenters. The zero-order valence-corrected chi connectivity index (χ0v) is 10.9. The van der Waals surface area contributed by atoms with Crippen LogP contribution < -0.4 is 4.74 Å². The maximum atomic E-state index is 11.0. The standard InChI is InChI=1S/C14H18O4/c1-9(2)11-6-5-10(3)7-12(11)18-13(8-17-4)14(15)16/h5-7,13H,1,8H2,2-4H3,(H,15,16). The summed E-state index contributed by atoms with van der Waals surface area (Å²) in [5, 5.41) is 9.04. The number of methoxy groups -OCH3 is 1. The summed E-state index contributed by atoms with van der Waals surface area (Å²) in [7, 11) is 1.44. The van der Waals surface area contributed by atoms with Gasteiger partial charge in [-0.3, -0.25) is 0 Å². The first-order valence-electron chi connectivity index (χ1n) is 5.60. The Morgan fingerprint density at radius 3 is 2.67 bits per heavy atom. The number of carbonyl (C=O) groups is 1. The summed E-state index contributed by atoms with van der Waals surface area (Å²) in [5.74, 6) is -0.530. The maximum absolute atomic E-state index is 11.0. The highest BCUT2D eigenvalue weighted by Gasteiger charge is 2.20. The number of aryl methyl sites for hydroxylation is 1. The zero-order chi connectivity index (χ0) is 13.7. The Balaban J connectivity index is 3.03. The van der Waals surface area contributed by atoms with Crippen molar-refractivity contribution in [3.05, 3.63) is 35.9 Å². The number of carboxylic acid groups (broad SMARTS) is 1. The van der Waals surface area contributed by atoms with E-state index in [2.05, 4.69) is 6.58 Å². The molecular weight excluding hydrogens is 232 g/mol. The number of aliphatic carboxylic acids is 1. The Kier molecular flexibility index (Phi) is 4.92. The lowest BCUT2D eigenvalue weighted by atomic mass is 10.1. The van der Waals surface area contributed by atoms with Gasteiger partial charge in [-0.15, -0.1) is 0 Å². The summed E-state index contributed by atoms with van der Waals surface area (Å²) >= 11 is 0. The fourth-order valence-corrected chi connectivity index (χ4v) is 1.54. The topological polar surface area (TPSA) is 55.8 Å². The molecule has 0 aromatic heterocycles. The minimum Gasteiger partial charge on any atom is -0.478 e. The Hall–Kier alpha value is -1.81. The number of rotatable bonds is 6. The Bertz CT molecular complexity index is 451. The minimum absolute atomic E-state index is 0.00109. The molecule has 0 spiro atoms. The van der Waals surface area contributed by atoms with E-state index in [0.717, 1.165) is 16.7 Å². The van der Waals surface area contributed by atoms with Gasteiger partial charge < -0.3 is 14.6 Å². The number of carboxylic acids is 1. The molecule has 0 amide bonds. The first kappa shape index (κ1) is 14.3. The van der Waals surface area contributed by atoms with Crippen LogP contribution in [0.4, 0.5) is 0 Å².